The number of rotatable bonds is 2. The van der Waals surface area contributed by atoms with E-state index in [0.717, 1.165) is 11.6 Å². The van der Waals surface area contributed by atoms with Gasteiger partial charge in [-0.25, -0.2) is 4.21 Å². The van der Waals surface area contributed by atoms with Gasteiger partial charge in [0.25, 0.3) is 0 Å². The van der Waals surface area contributed by atoms with Crippen molar-refractivity contribution in [3.8, 4) is 6.07 Å². The lowest BCUT2D eigenvalue weighted by Gasteiger charge is -2.01. The van der Waals surface area contributed by atoms with Crippen LogP contribution in [0.25, 0.3) is 4.91 Å². The molecule has 1 unspecified atom stereocenters. The molecule has 0 spiro atoms. The summed E-state index contributed by atoms with van der Waals surface area (Å²) in [5.74, 6) is 0. The standard InChI is InChI=1S/C10H9NO2S/c1-8-2-4-9(5-3-8)10(6-7-11)14(12)13/h2-6H,1H3,(H,12,13)/b10-6+. The first-order valence-corrected chi connectivity index (χ1v) is 5.03. The lowest BCUT2D eigenvalue weighted by molar-refractivity contribution is 0.575. The normalized spacial score (nSPS) is 13.4. The fourth-order valence-electron chi connectivity index (χ4n) is 1.01. The molecule has 0 bridgehead atoms. The number of hydrogen-bond donors (Lipinski definition) is 1. The zero-order chi connectivity index (χ0) is 10.6. The van der Waals surface area contributed by atoms with Gasteiger partial charge >= 0.3 is 0 Å². The van der Waals surface area contributed by atoms with Crippen LogP contribution in [0, 0.1) is 18.3 Å². The molecule has 1 aromatic carbocycles. The van der Waals surface area contributed by atoms with E-state index in [-0.39, 0.29) is 4.91 Å². The van der Waals surface area contributed by atoms with E-state index >= 15 is 0 Å². The van der Waals surface area contributed by atoms with Gasteiger partial charge < -0.3 is 4.55 Å². The molecular weight excluding hydrogens is 198 g/mol. The maximum atomic E-state index is 10.9. The molecule has 1 rings (SSSR count). The third kappa shape index (κ3) is 2.52. The molecule has 0 amide bonds. The van der Waals surface area contributed by atoms with E-state index in [0.29, 0.717) is 5.56 Å². The zero-order valence-electron chi connectivity index (χ0n) is 7.60. The molecule has 0 fully saturated rings. The van der Waals surface area contributed by atoms with Crippen LogP contribution in [0.15, 0.2) is 30.3 Å². The van der Waals surface area contributed by atoms with Crippen molar-refractivity contribution in [3.05, 3.63) is 41.5 Å². The molecule has 0 aliphatic rings. The Labute approximate surface area is 85.0 Å². The molecule has 4 heteroatoms. The van der Waals surface area contributed by atoms with E-state index < -0.39 is 11.1 Å². The number of nitrogens with zero attached hydrogens (tertiary/aromatic N) is 1. The first-order chi connectivity index (χ1) is 6.65. The molecule has 0 heterocycles. The fraction of sp³-hybridized carbons (Fsp3) is 0.100. The summed E-state index contributed by atoms with van der Waals surface area (Å²) in [7, 11) is 0. The Morgan fingerprint density at radius 3 is 2.50 bits per heavy atom. The van der Waals surface area contributed by atoms with Gasteiger partial charge in [-0.2, -0.15) is 5.26 Å². The number of nitriles is 1. The first-order valence-electron chi connectivity index (χ1n) is 3.93. The predicted octanol–water partition coefficient (Wildman–Crippen LogP) is 2.08. The van der Waals surface area contributed by atoms with Crippen molar-refractivity contribution >= 4 is 16.0 Å². The quantitative estimate of drug-likeness (QED) is 0.596. The number of benzene rings is 1. The van der Waals surface area contributed by atoms with Crippen molar-refractivity contribution in [2.75, 3.05) is 0 Å². The van der Waals surface area contributed by atoms with E-state index in [2.05, 4.69) is 0 Å². The van der Waals surface area contributed by atoms with E-state index in [1.165, 1.54) is 0 Å². The summed E-state index contributed by atoms with van der Waals surface area (Å²) in [4.78, 5) is 0.132. The second-order valence-corrected chi connectivity index (χ2v) is 3.69. The monoisotopic (exact) mass is 207 g/mol. The molecule has 1 atom stereocenters. The molecule has 1 N–H and O–H groups in total. The Kier molecular flexibility index (Phi) is 3.57. The zero-order valence-corrected chi connectivity index (χ0v) is 8.41. The highest BCUT2D eigenvalue weighted by Gasteiger charge is 2.06. The molecule has 0 radical (unpaired) electrons. The highest BCUT2D eigenvalue weighted by atomic mass is 32.2. The average molecular weight is 207 g/mol. The molecule has 0 saturated carbocycles. The molecule has 0 aromatic heterocycles. The predicted molar refractivity (Wildman–Crippen MR) is 55.5 cm³/mol. The van der Waals surface area contributed by atoms with E-state index in [1.807, 2.05) is 19.1 Å². The molecule has 72 valence electrons. The Morgan fingerprint density at radius 2 is 2.07 bits per heavy atom. The Morgan fingerprint density at radius 1 is 1.50 bits per heavy atom. The number of hydrogen-bond acceptors (Lipinski definition) is 2. The fourth-order valence-corrected chi connectivity index (χ4v) is 1.50. The number of allylic oxidation sites excluding steroid dienone is 1. The molecule has 1 aromatic rings. The van der Waals surface area contributed by atoms with Crippen LogP contribution in [-0.4, -0.2) is 8.76 Å². The average Bonchev–Trinajstić information content (AvgIpc) is 2.15. The molecular formula is C10H9NO2S. The van der Waals surface area contributed by atoms with Crippen molar-refractivity contribution in [1.29, 1.82) is 5.26 Å². The first kappa shape index (κ1) is 10.6. The minimum absolute atomic E-state index is 0.132. The molecule has 0 saturated heterocycles. The Bertz CT molecular complexity index is 415. The Balaban J connectivity index is 3.14. The van der Waals surface area contributed by atoms with Crippen LogP contribution in [0.3, 0.4) is 0 Å². The summed E-state index contributed by atoms with van der Waals surface area (Å²) >= 11 is -2.12. The third-order valence-corrected chi connectivity index (χ3v) is 2.45. The second kappa shape index (κ2) is 4.70. The van der Waals surface area contributed by atoms with Gasteiger partial charge in [0.15, 0.2) is 11.1 Å². The highest BCUT2D eigenvalue weighted by molar-refractivity contribution is 7.89. The van der Waals surface area contributed by atoms with Crippen molar-refractivity contribution < 1.29 is 8.76 Å². The number of aryl methyl sites for hydroxylation is 1. The molecule has 0 aliphatic carbocycles. The van der Waals surface area contributed by atoms with Crippen molar-refractivity contribution in [2.45, 2.75) is 6.92 Å². The lowest BCUT2D eigenvalue weighted by Crippen LogP contribution is -1.92. The van der Waals surface area contributed by atoms with Crippen LogP contribution in [0.5, 0.6) is 0 Å². The van der Waals surface area contributed by atoms with Gasteiger partial charge in [0.05, 0.1) is 11.0 Å². The van der Waals surface area contributed by atoms with Crippen molar-refractivity contribution in [1.82, 2.24) is 0 Å². The topological polar surface area (TPSA) is 61.1 Å². The molecule has 14 heavy (non-hydrogen) atoms. The lowest BCUT2D eigenvalue weighted by atomic mass is 10.1. The Hall–Kier alpha value is -1.44. The smallest absolute Gasteiger partial charge is 0.187 e. The van der Waals surface area contributed by atoms with E-state index in [4.69, 9.17) is 9.81 Å². The third-order valence-electron chi connectivity index (χ3n) is 1.72. The minimum Gasteiger partial charge on any atom is -0.302 e. The summed E-state index contributed by atoms with van der Waals surface area (Å²) in [6, 6.07) is 8.83. The largest absolute Gasteiger partial charge is 0.302 e. The maximum Gasteiger partial charge on any atom is 0.187 e. The second-order valence-electron chi connectivity index (χ2n) is 2.75. The van der Waals surface area contributed by atoms with Crippen LogP contribution >= 0.6 is 0 Å². The molecule has 0 aliphatic heterocycles. The summed E-state index contributed by atoms with van der Waals surface area (Å²) in [5, 5.41) is 8.43. The molecule has 3 nitrogen and oxygen atoms in total. The van der Waals surface area contributed by atoms with Gasteiger partial charge in [-0.15, -0.1) is 0 Å². The maximum absolute atomic E-state index is 10.9. The van der Waals surface area contributed by atoms with Crippen LogP contribution < -0.4 is 0 Å². The van der Waals surface area contributed by atoms with Gasteiger partial charge in [0, 0.05) is 6.08 Å². The SMILES string of the molecule is Cc1ccc(/C(=C\C#N)S(=O)O)cc1. The van der Waals surface area contributed by atoms with Crippen LogP contribution in [0.2, 0.25) is 0 Å². The van der Waals surface area contributed by atoms with Crippen molar-refractivity contribution in [2.24, 2.45) is 0 Å². The van der Waals surface area contributed by atoms with Crippen molar-refractivity contribution in [3.63, 3.8) is 0 Å². The summed E-state index contributed by atoms with van der Waals surface area (Å²) < 4.78 is 19.8. The van der Waals surface area contributed by atoms with Gasteiger partial charge in [0.1, 0.15) is 0 Å². The van der Waals surface area contributed by atoms with Gasteiger partial charge in [-0.1, -0.05) is 29.8 Å². The van der Waals surface area contributed by atoms with Gasteiger partial charge in [-0.3, -0.25) is 0 Å². The van der Waals surface area contributed by atoms with Crippen LogP contribution in [0.1, 0.15) is 11.1 Å². The highest BCUT2D eigenvalue weighted by Crippen LogP contribution is 2.17. The summed E-state index contributed by atoms with van der Waals surface area (Å²) in [6.07, 6.45) is 1.08. The van der Waals surface area contributed by atoms with E-state index in [1.54, 1.807) is 18.2 Å². The van der Waals surface area contributed by atoms with E-state index in [9.17, 15) is 4.21 Å². The van der Waals surface area contributed by atoms with Crippen LogP contribution in [-0.2, 0) is 11.1 Å². The summed E-state index contributed by atoms with van der Waals surface area (Å²) in [6.45, 7) is 1.92. The van der Waals surface area contributed by atoms with Gasteiger partial charge in [0.2, 0.25) is 0 Å². The summed E-state index contributed by atoms with van der Waals surface area (Å²) in [5.41, 5.74) is 1.66. The van der Waals surface area contributed by atoms with Gasteiger partial charge in [-0.05, 0) is 12.5 Å². The minimum atomic E-state index is -2.12. The van der Waals surface area contributed by atoms with Crippen LogP contribution in [0.4, 0.5) is 0 Å².